The molecule has 1 amide bonds. The highest BCUT2D eigenvalue weighted by atomic mass is 32.1. The molecular formula is C23H14F3N5OS. The maximum absolute atomic E-state index is 13.2. The summed E-state index contributed by atoms with van der Waals surface area (Å²) in [5.41, 5.74) is 3.23. The van der Waals surface area contributed by atoms with Crippen molar-refractivity contribution in [1.29, 1.82) is 5.26 Å². The van der Waals surface area contributed by atoms with Crippen LogP contribution in [0.25, 0.3) is 16.3 Å². The lowest BCUT2D eigenvalue weighted by molar-refractivity contribution is -0.137. The number of nitrogens with one attached hydrogen (secondary N) is 1. The second-order valence-electron chi connectivity index (χ2n) is 6.78. The fourth-order valence-electron chi connectivity index (χ4n) is 2.96. The topological polar surface area (TPSA) is 83.1 Å². The Morgan fingerprint density at radius 2 is 1.91 bits per heavy atom. The number of nitrogens with zero attached hydrogens (tertiary/aromatic N) is 4. The fourth-order valence-corrected chi connectivity index (χ4v) is 3.65. The number of halogens is 3. The molecule has 2 aromatic heterocycles. The lowest BCUT2D eigenvalue weighted by atomic mass is 10.2. The molecule has 33 heavy (non-hydrogen) atoms. The van der Waals surface area contributed by atoms with E-state index in [2.05, 4.69) is 15.6 Å². The standard InChI is InChI=1S/C23H14F3N5OS/c24-23(25,26)17-3-1-4-18(11-17)31-20(12-19(30-31)21-5-2-10-33-21)22(32)29-28-14-16-8-6-15(13-27)7-9-16/h1-12,14H,(H,29,32)/b28-14-. The minimum Gasteiger partial charge on any atom is -0.266 e. The van der Waals surface area contributed by atoms with E-state index in [-0.39, 0.29) is 11.4 Å². The zero-order valence-corrected chi connectivity index (χ0v) is 17.6. The van der Waals surface area contributed by atoms with Gasteiger partial charge in [0.05, 0.1) is 34.0 Å². The van der Waals surface area contributed by atoms with Crippen LogP contribution >= 0.6 is 11.3 Å². The molecule has 0 aliphatic rings. The Kier molecular flexibility index (Phi) is 6.06. The first-order chi connectivity index (χ1) is 15.8. The molecule has 4 aromatic rings. The van der Waals surface area contributed by atoms with Gasteiger partial charge >= 0.3 is 6.18 Å². The molecule has 0 aliphatic carbocycles. The highest BCUT2D eigenvalue weighted by Gasteiger charge is 2.31. The van der Waals surface area contributed by atoms with Crippen LogP contribution in [0.4, 0.5) is 13.2 Å². The highest BCUT2D eigenvalue weighted by Crippen LogP contribution is 2.31. The van der Waals surface area contributed by atoms with Crippen LogP contribution in [0.3, 0.4) is 0 Å². The van der Waals surface area contributed by atoms with Crippen molar-refractivity contribution in [1.82, 2.24) is 15.2 Å². The normalized spacial score (nSPS) is 11.5. The van der Waals surface area contributed by atoms with Gasteiger partial charge in [-0.2, -0.15) is 28.6 Å². The van der Waals surface area contributed by atoms with E-state index in [0.29, 0.717) is 16.8 Å². The number of nitriles is 1. The second-order valence-corrected chi connectivity index (χ2v) is 7.73. The van der Waals surface area contributed by atoms with Crippen molar-refractivity contribution in [2.45, 2.75) is 6.18 Å². The third-order valence-electron chi connectivity index (χ3n) is 4.55. The average molecular weight is 465 g/mol. The van der Waals surface area contributed by atoms with Crippen molar-refractivity contribution in [3.05, 3.63) is 94.5 Å². The van der Waals surface area contributed by atoms with Crippen LogP contribution in [0, 0.1) is 11.3 Å². The lowest BCUT2D eigenvalue weighted by Gasteiger charge is -2.10. The highest BCUT2D eigenvalue weighted by molar-refractivity contribution is 7.13. The summed E-state index contributed by atoms with van der Waals surface area (Å²) in [6, 6.07) is 18.2. The Balaban J connectivity index is 1.66. The van der Waals surface area contributed by atoms with Crippen molar-refractivity contribution in [3.63, 3.8) is 0 Å². The van der Waals surface area contributed by atoms with Crippen molar-refractivity contribution in [3.8, 4) is 22.3 Å². The Hall–Kier alpha value is -4.23. The number of thiophene rings is 1. The van der Waals surface area contributed by atoms with Gasteiger partial charge in [0.2, 0.25) is 0 Å². The third kappa shape index (κ3) is 4.99. The molecule has 2 heterocycles. The zero-order valence-electron chi connectivity index (χ0n) is 16.7. The Morgan fingerprint density at radius 3 is 2.58 bits per heavy atom. The summed E-state index contributed by atoms with van der Waals surface area (Å²) in [5, 5.41) is 19.0. The summed E-state index contributed by atoms with van der Waals surface area (Å²) in [6.07, 6.45) is -3.14. The van der Waals surface area contributed by atoms with Gasteiger partial charge in [0.25, 0.3) is 5.91 Å². The van der Waals surface area contributed by atoms with E-state index in [1.54, 1.807) is 30.3 Å². The predicted molar refractivity (Wildman–Crippen MR) is 118 cm³/mol. The van der Waals surface area contributed by atoms with Gasteiger partial charge < -0.3 is 0 Å². The molecule has 0 atom stereocenters. The van der Waals surface area contributed by atoms with Crippen molar-refractivity contribution in [2.75, 3.05) is 0 Å². The van der Waals surface area contributed by atoms with Crippen LogP contribution in [0.15, 0.2) is 77.2 Å². The monoisotopic (exact) mass is 465 g/mol. The van der Waals surface area contributed by atoms with E-state index in [9.17, 15) is 18.0 Å². The average Bonchev–Trinajstić information content (AvgIpc) is 3.49. The molecular weight excluding hydrogens is 451 g/mol. The summed E-state index contributed by atoms with van der Waals surface area (Å²) in [6.45, 7) is 0. The molecule has 0 spiro atoms. The molecule has 0 radical (unpaired) electrons. The van der Waals surface area contributed by atoms with Gasteiger partial charge in [0.1, 0.15) is 11.4 Å². The van der Waals surface area contributed by atoms with Gasteiger partial charge in [-0.25, -0.2) is 10.1 Å². The van der Waals surface area contributed by atoms with E-state index in [0.717, 1.165) is 21.7 Å². The smallest absolute Gasteiger partial charge is 0.266 e. The molecule has 6 nitrogen and oxygen atoms in total. The van der Waals surface area contributed by atoms with E-state index < -0.39 is 17.6 Å². The number of carbonyl (C=O) groups is 1. The number of alkyl halides is 3. The van der Waals surface area contributed by atoms with Crippen LogP contribution in [-0.2, 0) is 6.18 Å². The molecule has 4 rings (SSSR count). The summed E-state index contributed by atoms with van der Waals surface area (Å²) >= 11 is 1.39. The third-order valence-corrected chi connectivity index (χ3v) is 5.45. The quantitative estimate of drug-likeness (QED) is 0.323. The van der Waals surface area contributed by atoms with Gasteiger partial charge in [-0.1, -0.05) is 24.3 Å². The minimum absolute atomic E-state index is 0.0229. The molecule has 0 saturated heterocycles. The molecule has 164 valence electrons. The number of rotatable bonds is 5. The second kappa shape index (κ2) is 9.10. The van der Waals surface area contributed by atoms with Crippen LogP contribution in [-0.4, -0.2) is 21.9 Å². The molecule has 2 aromatic carbocycles. The number of aromatic nitrogens is 2. The van der Waals surface area contributed by atoms with E-state index in [4.69, 9.17) is 5.26 Å². The van der Waals surface area contributed by atoms with E-state index in [1.807, 2.05) is 17.5 Å². The summed E-state index contributed by atoms with van der Waals surface area (Å²) in [7, 11) is 0. The van der Waals surface area contributed by atoms with Gasteiger partial charge in [-0.05, 0) is 53.4 Å². The number of hydrazone groups is 1. The van der Waals surface area contributed by atoms with E-state index >= 15 is 0 Å². The molecule has 0 bridgehead atoms. The molecule has 1 N–H and O–H groups in total. The first-order valence-corrected chi connectivity index (χ1v) is 10.4. The maximum atomic E-state index is 13.2. The minimum atomic E-state index is -4.53. The molecule has 0 unspecified atom stereocenters. The molecule has 0 saturated carbocycles. The van der Waals surface area contributed by atoms with Crippen molar-refractivity contribution < 1.29 is 18.0 Å². The van der Waals surface area contributed by atoms with Crippen molar-refractivity contribution in [2.24, 2.45) is 5.10 Å². The van der Waals surface area contributed by atoms with Crippen LogP contribution in [0.1, 0.15) is 27.2 Å². The zero-order chi connectivity index (χ0) is 23.4. The Labute approximate surface area is 190 Å². The summed E-state index contributed by atoms with van der Waals surface area (Å²) in [5.74, 6) is -0.646. The fraction of sp³-hybridized carbons (Fsp3) is 0.0435. The number of benzene rings is 2. The van der Waals surface area contributed by atoms with Gasteiger partial charge in [-0.3, -0.25) is 4.79 Å². The number of amides is 1. The molecule has 10 heteroatoms. The number of carbonyl (C=O) groups excluding carboxylic acids is 1. The number of hydrogen-bond donors (Lipinski definition) is 1. The van der Waals surface area contributed by atoms with E-state index in [1.165, 1.54) is 35.8 Å². The molecule has 0 aliphatic heterocycles. The van der Waals surface area contributed by atoms with Crippen LogP contribution < -0.4 is 5.43 Å². The van der Waals surface area contributed by atoms with Gasteiger partial charge in [-0.15, -0.1) is 11.3 Å². The van der Waals surface area contributed by atoms with Gasteiger partial charge in [0, 0.05) is 0 Å². The predicted octanol–water partition coefficient (Wildman–Crippen LogP) is 5.26. The van der Waals surface area contributed by atoms with Crippen LogP contribution in [0.5, 0.6) is 0 Å². The summed E-state index contributed by atoms with van der Waals surface area (Å²) in [4.78, 5) is 13.6. The largest absolute Gasteiger partial charge is 0.416 e. The lowest BCUT2D eigenvalue weighted by Crippen LogP contribution is -2.21. The Morgan fingerprint density at radius 1 is 1.12 bits per heavy atom. The SMILES string of the molecule is N#Cc1ccc(/C=N\NC(=O)c2cc(-c3cccs3)nn2-c2cccc(C(F)(F)F)c2)cc1. The first-order valence-electron chi connectivity index (χ1n) is 9.50. The maximum Gasteiger partial charge on any atom is 0.416 e. The van der Waals surface area contributed by atoms with Gasteiger partial charge in [0.15, 0.2) is 0 Å². The molecule has 0 fully saturated rings. The number of hydrogen-bond acceptors (Lipinski definition) is 5. The Bertz CT molecular complexity index is 1350. The van der Waals surface area contributed by atoms with Crippen LogP contribution in [0.2, 0.25) is 0 Å². The first kappa shape index (κ1) is 22.0. The van der Waals surface area contributed by atoms with Crippen molar-refractivity contribution >= 4 is 23.5 Å². The summed E-state index contributed by atoms with van der Waals surface area (Å²) < 4.78 is 40.8.